The minimum absolute atomic E-state index is 0.132. The molecule has 0 N–H and O–H groups in total. The molecule has 0 radical (unpaired) electrons. The van der Waals surface area contributed by atoms with E-state index in [1.165, 1.54) is 31.7 Å². The van der Waals surface area contributed by atoms with Gasteiger partial charge in [-0.3, -0.25) is 0 Å². The van der Waals surface area contributed by atoms with E-state index in [4.69, 9.17) is 9.47 Å². The highest BCUT2D eigenvalue weighted by atomic mass is 28.3. The monoisotopic (exact) mass is 418 g/mol. The van der Waals surface area contributed by atoms with E-state index < -0.39 is 8.07 Å². The van der Waals surface area contributed by atoms with Gasteiger partial charge in [-0.15, -0.1) is 0 Å². The van der Waals surface area contributed by atoms with Crippen molar-refractivity contribution in [1.82, 2.24) is 0 Å². The summed E-state index contributed by atoms with van der Waals surface area (Å²) in [5.41, 5.74) is 0.132. The predicted octanol–water partition coefficient (Wildman–Crippen LogP) is 6.37. The summed E-state index contributed by atoms with van der Waals surface area (Å²) in [6.45, 7) is 17.0. The first kappa shape index (κ1) is 24.6. The topological polar surface area (TPSA) is 18.5 Å². The van der Waals surface area contributed by atoms with Crippen LogP contribution in [0.4, 0.5) is 0 Å². The largest absolute Gasteiger partial charge is 0.384 e. The molecule has 0 aliphatic heterocycles. The third kappa shape index (κ3) is 6.42. The molecule has 3 heteroatoms. The van der Waals surface area contributed by atoms with Gasteiger partial charge in [-0.1, -0.05) is 81.8 Å². The molecule has 0 bridgehead atoms. The second-order valence-corrected chi connectivity index (χ2v) is 15.5. The van der Waals surface area contributed by atoms with Crippen LogP contribution in [0.3, 0.4) is 0 Å². The van der Waals surface area contributed by atoms with Crippen LogP contribution in [0.1, 0.15) is 53.4 Å². The van der Waals surface area contributed by atoms with Crippen LogP contribution in [0.5, 0.6) is 0 Å². The Kier molecular flexibility index (Phi) is 9.43. The van der Waals surface area contributed by atoms with Crippen molar-refractivity contribution in [3.63, 3.8) is 0 Å². The molecule has 2 nitrogen and oxygen atoms in total. The molecule has 1 saturated carbocycles. The third-order valence-electron chi connectivity index (χ3n) is 7.64. The minimum Gasteiger partial charge on any atom is -0.384 e. The molecular weight excluding hydrogens is 372 g/mol. The van der Waals surface area contributed by atoms with Crippen LogP contribution < -0.4 is 5.19 Å². The van der Waals surface area contributed by atoms with E-state index >= 15 is 0 Å². The zero-order valence-corrected chi connectivity index (χ0v) is 21.2. The zero-order valence-electron chi connectivity index (χ0n) is 20.2. The molecule has 1 fully saturated rings. The van der Waals surface area contributed by atoms with Gasteiger partial charge in [-0.25, -0.2) is 0 Å². The van der Waals surface area contributed by atoms with Crippen LogP contribution in [0.2, 0.25) is 19.1 Å². The average molecular weight is 419 g/mol. The Bertz CT molecular complexity index is 586. The second-order valence-electron chi connectivity index (χ2n) is 10.6. The fraction of sp³-hybridized carbons (Fsp3) is 0.769. The molecule has 0 saturated heterocycles. The van der Waals surface area contributed by atoms with Crippen molar-refractivity contribution in [2.45, 2.75) is 72.5 Å². The smallest absolute Gasteiger partial charge is 0.0806 e. The van der Waals surface area contributed by atoms with Gasteiger partial charge in [0, 0.05) is 19.1 Å². The van der Waals surface area contributed by atoms with Crippen LogP contribution >= 0.6 is 0 Å². The van der Waals surface area contributed by atoms with Crippen LogP contribution in [0.15, 0.2) is 30.3 Å². The first-order valence-electron chi connectivity index (χ1n) is 11.9. The van der Waals surface area contributed by atoms with Gasteiger partial charge in [0.2, 0.25) is 0 Å². The average Bonchev–Trinajstić information content (AvgIpc) is 2.70. The minimum atomic E-state index is -1.50. The third-order valence-corrected chi connectivity index (χ3v) is 11.0. The Hall–Kier alpha value is -0.643. The lowest BCUT2D eigenvalue weighted by atomic mass is 9.58. The van der Waals surface area contributed by atoms with Crippen molar-refractivity contribution in [1.29, 1.82) is 0 Å². The fourth-order valence-electron chi connectivity index (χ4n) is 5.68. The Morgan fingerprint density at radius 2 is 1.79 bits per heavy atom. The molecular formula is C26H46O2Si. The molecule has 2 rings (SSSR count). The van der Waals surface area contributed by atoms with E-state index in [2.05, 4.69) is 71.1 Å². The maximum Gasteiger partial charge on any atom is 0.0806 e. The van der Waals surface area contributed by atoms with Gasteiger partial charge in [-0.05, 0) is 49.9 Å². The molecule has 4 unspecified atom stereocenters. The molecule has 0 heterocycles. The van der Waals surface area contributed by atoms with Crippen LogP contribution in [0, 0.1) is 29.1 Å². The number of benzene rings is 1. The predicted molar refractivity (Wildman–Crippen MR) is 129 cm³/mol. The van der Waals surface area contributed by atoms with Crippen molar-refractivity contribution in [3.8, 4) is 0 Å². The van der Waals surface area contributed by atoms with Gasteiger partial charge in [0.25, 0.3) is 0 Å². The van der Waals surface area contributed by atoms with E-state index in [0.717, 1.165) is 37.6 Å². The summed E-state index contributed by atoms with van der Waals surface area (Å²) >= 11 is 0. The first-order chi connectivity index (χ1) is 13.8. The number of hydrogen-bond donors (Lipinski definition) is 0. The lowest BCUT2D eigenvalue weighted by Crippen LogP contribution is -2.49. The lowest BCUT2D eigenvalue weighted by molar-refractivity contribution is -0.0846. The highest BCUT2D eigenvalue weighted by molar-refractivity contribution is 6.89. The summed E-state index contributed by atoms with van der Waals surface area (Å²) in [4.78, 5) is 0. The van der Waals surface area contributed by atoms with Gasteiger partial charge >= 0.3 is 0 Å². The molecule has 1 aromatic carbocycles. The van der Waals surface area contributed by atoms with Crippen LogP contribution in [-0.4, -0.2) is 35.0 Å². The summed E-state index contributed by atoms with van der Waals surface area (Å²) in [6, 6.07) is 12.5. The normalized spacial score (nSPS) is 25.2. The Labute approximate surface area is 181 Å². The fourth-order valence-corrected chi connectivity index (χ4v) is 8.19. The van der Waals surface area contributed by atoms with Crippen molar-refractivity contribution in [2.24, 2.45) is 29.1 Å². The summed E-state index contributed by atoms with van der Waals surface area (Å²) in [5, 5.41) is 1.57. The van der Waals surface area contributed by atoms with E-state index in [0.29, 0.717) is 5.92 Å². The van der Waals surface area contributed by atoms with Crippen LogP contribution in [-0.2, 0) is 9.47 Å². The molecule has 0 spiro atoms. The molecule has 0 aromatic heterocycles. The summed E-state index contributed by atoms with van der Waals surface area (Å²) < 4.78 is 12.1. The van der Waals surface area contributed by atoms with Gasteiger partial charge < -0.3 is 9.47 Å². The first-order valence-corrected chi connectivity index (χ1v) is 15.1. The molecule has 0 amide bonds. The standard InChI is InChI=1S/C26H46O2Si/c1-8-28-20-26(19-27-5,25-18-22(4)14-15-24(25)21(2)3)16-17-29(6,7)23-12-10-9-11-13-23/h9-13,21-22,24-25H,8,14-20H2,1-7H3. The Morgan fingerprint density at radius 1 is 1.10 bits per heavy atom. The number of methoxy groups -OCH3 is 1. The SMILES string of the molecule is CCOCC(CC[Si](C)(C)c1ccccc1)(COC)C1CC(C)CCC1C(C)C. The van der Waals surface area contributed by atoms with Gasteiger partial charge in [0.15, 0.2) is 0 Å². The maximum absolute atomic E-state index is 6.17. The number of ether oxygens (including phenoxy) is 2. The van der Waals surface area contributed by atoms with Crippen molar-refractivity contribution in [3.05, 3.63) is 30.3 Å². The van der Waals surface area contributed by atoms with E-state index in [-0.39, 0.29) is 5.41 Å². The van der Waals surface area contributed by atoms with E-state index in [9.17, 15) is 0 Å². The maximum atomic E-state index is 6.17. The Balaban J connectivity index is 2.33. The quantitative estimate of drug-likeness (QED) is 0.389. The van der Waals surface area contributed by atoms with Gasteiger partial charge in [0.1, 0.15) is 0 Å². The molecule has 4 atom stereocenters. The highest BCUT2D eigenvalue weighted by Gasteiger charge is 2.46. The van der Waals surface area contributed by atoms with Crippen molar-refractivity contribution >= 4 is 13.3 Å². The molecule has 1 aliphatic carbocycles. The Morgan fingerprint density at radius 3 is 2.38 bits per heavy atom. The lowest BCUT2D eigenvalue weighted by Gasteiger charge is -2.50. The molecule has 1 aromatic rings. The zero-order chi connectivity index (χ0) is 21.5. The van der Waals surface area contributed by atoms with E-state index in [1.807, 2.05) is 7.11 Å². The van der Waals surface area contributed by atoms with Crippen molar-refractivity contribution in [2.75, 3.05) is 26.9 Å². The van der Waals surface area contributed by atoms with Gasteiger partial charge in [-0.2, -0.15) is 0 Å². The molecule has 1 aliphatic rings. The molecule has 166 valence electrons. The summed E-state index contributed by atoms with van der Waals surface area (Å²) in [5.74, 6) is 3.01. The van der Waals surface area contributed by atoms with E-state index in [1.54, 1.807) is 5.19 Å². The highest BCUT2D eigenvalue weighted by Crippen LogP contribution is 2.50. The summed E-state index contributed by atoms with van der Waals surface area (Å²) in [6.07, 6.45) is 5.28. The van der Waals surface area contributed by atoms with Crippen LogP contribution in [0.25, 0.3) is 0 Å². The number of rotatable bonds is 11. The molecule has 29 heavy (non-hydrogen) atoms. The second kappa shape index (κ2) is 11.1. The number of hydrogen-bond acceptors (Lipinski definition) is 2. The van der Waals surface area contributed by atoms with Gasteiger partial charge in [0.05, 0.1) is 21.3 Å². The van der Waals surface area contributed by atoms with Crippen molar-refractivity contribution < 1.29 is 9.47 Å². The summed E-state index contributed by atoms with van der Waals surface area (Å²) in [7, 11) is 0.388.